The first kappa shape index (κ1) is 13.4. The molecule has 0 saturated carbocycles. The number of hydrogen-bond acceptors (Lipinski definition) is 0. The summed E-state index contributed by atoms with van der Waals surface area (Å²) < 4.78 is 69.1. The van der Waals surface area contributed by atoms with Crippen LogP contribution in [0.25, 0.3) is 0 Å². The first-order valence-electron chi connectivity index (χ1n) is 3.48. The van der Waals surface area contributed by atoms with Crippen molar-refractivity contribution in [2.24, 2.45) is 0 Å². The summed E-state index contributed by atoms with van der Waals surface area (Å²) >= 11 is -4.40. The van der Waals surface area contributed by atoms with E-state index in [1.165, 1.54) is 0 Å². The van der Waals surface area contributed by atoms with Gasteiger partial charge in [0.1, 0.15) is 0 Å². The molecule has 0 aliphatic carbocycles. The second-order valence-corrected chi connectivity index (χ2v) is 18.7. The summed E-state index contributed by atoms with van der Waals surface area (Å²) in [6.07, 6.45) is -9.45. The van der Waals surface area contributed by atoms with Gasteiger partial charge in [-0.1, -0.05) is 0 Å². The molecule has 0 fully saturated rings. The standard InChI is InChI=1S/C3HF6.3CH3.Sn/c4-1(2(5)6)3(7,8)9;;;;/h2H;3*1H3;. The van der Waals surface area contributed by atoms with Crippen molar-refractivity contribution in [3.63, 3.8) is 0 Å². The minimum atomic E-state index is -5.46. The van der Waals surface area contributed by atoms with Crippen LogP contribution in [0.15, 0.2) is 0 Å². The van der Waals surface area contributed by atoms with Crippen LogP contribution < -0.4 is 0 Å². The fraction of sp³-hybridized carbons (Fsp3) is 1.00. The van der Waals surface area contributed by atoms with E-state index in [1.54, 1.807) is 0 Å². The zero-order valence-electron chi connectivity index (χ0n) is 7.35. The maximum atomic E-state index is 13.1. The van der Waals surface area contributed by atoms with E-state index in [0.717, 1.165) is 14.8 Å². The Morgan fingerprint density at radius 1 is 0.923 bits per heavy atom. The van der Waals surface area contributed by atoms with Crippen molar-refractivity contribution >= 4 is 18.4 Å². The van der Waals surface area contributed by atoms with Crippen LogP contribution in [0.2, 0.25) is 14.8 Å². The fourth-order valence-electron chi connectivity index (χ4n) is 0.876. The van der Waals surface area contributed by atoms with Crippen LogP contribution in [0.3, 0.4) is 0 Å². The van der Waals surface area contributed by atoms with Crippen LogP contribution in [0.1, 0.15) is 0 Å². The summed E-state index contributed by atoms with van der Waals surface area (Å²) in [7, 11) is 0. The second kappa shape index (κ2) is 3.51. The van der Waals surface area contributed by atoms with Gasteiger partial charge in [-0.05, 0) is 0 Å². The summed E-state index contributed by atoms with van der Waals surface area (Å²) in [5, 5.41) is 0. The van der Waals surface area contributed by atoms with Gasteiger partial charge in [0.25, 0.3) is 0 Å². The molecule has 0 heterocycles. The van der Waals surface area contributed by atoms with E-state index in [4.69, 9.17) is 0 Å². The van der Waals surface area contributed by atoms with Crippen LogP contribution in [-0.4, -0.2) is 34.7 Å². The van der Waals surface area contributed by atoms with Gasteiger partial charge in [0, 0.05) is 0 Å². The van der Waals surface area contributed by atoms with Crippen LogP contribution in [-0.2, 0) is 0 Å². The van der Waals surface area contributed by atoms with Gasteiger partial charge >= 0.3 is 75.8 Å². The molecule has 7 heteroatoms. The van der Waals surface area contributed by atoms with E-state index < -0.39 is 34.7 Å². The van der Waals surface area contributed by atoms with Crippen LogP contribution in [0.4, 0.5) is 26.3 Å². The summed E-state index contributed by atoms with van der Waals surface area (Å²) in [5.74, 6) is 0. The number of hydrogen-bond donors (Lipinski definition) is 0. The second-order valence-electron chi connectivity index (χ2n) is 3.76. The molecule has 0 aliphatic rings. The molecule has 0 aromatic rings. The van der Waals surface area contributed by atoms with Crippen molar-refractivity contribution < 1.29 is 26.3 Å². The Hall–Kier alpha value is 0.379. The van der Waals surface area contributed by atoms with E-state index >= 15 is 0 Å². The maximum absolute atomic E-state index is 13.1. The third-order valence-corrected chi connectivity index (χ3v) is 9.47. The third kappa shape index (κ3) is 2.24. The van der Waals surface area contributed by atoms with Gasteiger partial charge in [0.05, 0.1) is 0 Å². The van der Waals surface area contributed by atoms with Crippen molar-refractivity contribution in [2.75, 3.05) is 0 Å². The van der Waals surface area contributed by atoms with Crippen LogP contribution in [0, 0.1) is 0 Å². The normalized spacial score (nSPS) is 18.9. The molecule has 0 bridgehead atoms. The fourth-order valence-corrected chi connectivity index (χ4v) is 5.17. The molecule has 0 saturated heterocycles. The van der Waals surface area contributed by atoms with E-state index in [0.29, 0.717) is 0 Å². The average molecular weight is 315 g/mol. The molecular weight excluding hydrogens is 305 g/mol. The van der Waals surface area contributed by atoms with Crippen molar-refractivity contribution in [3.8, 4) is 0 Å². The van der Waals surface area contributed by atoms with Crippen molar-refractivity contribution in [1.82, 2.24) is 0 Å². The summed E-state index contributed by atoms with van der Waals surface area (Å²) in [6.45, 7) is 0. The molecule has 1 unspecified atom stereocenters. The van der Waals surface area contributed by atoms with E-state index in [1.807, 2.05) is 0 Å². The Bertz CT molecular complexity index is 165. The summed E-state index contributed by atoms with van der Waals surface area (Å²) in [4.78, 5) is 2.98. The monoisotopic (exact) mass is 316 g/mol. The van der Waals surface area contributed by atoms with Gasteiger partial charge in [0.2, 0.25) is 0 Å². The van der Waals surface area contributed by atoms with Gasteiger partial charge in [-0.15, -0.1) is 0 Å². The summed E-state index contributed by atoms with van der Waals surface area (Å²) in [5.41, 5.74) is 0. The first-order chi connectivity index (χ1) is 5.44. The molecule has 0 aliphatic heterocycles. The molecule has 80 valence electrons. The summed E-state index contributed by atoms with van der Waals surface area (Å²) in [6, 6.07) is 0. The van der Waals surface area contributed by atoms with Crippen molar-refractivity contribution in [2.45, 2.75) is 31.1 Å². The number of halogens is 6. The number of rotatable bonds is 2. The minimum absolute atomic E-state index is 0.994. The average Bonchev–Trinajstić information content (AvgIpc) is 1.80. The molecule has 0 N–H and O–H groups in total. The Morgan fingerprint density at radius 2 is 1.23 bits per heavy atom. The molecule has 1 atom stereocenters. The third-order valence-electron chi connectivity index (χ3n) is 1.80. The van der Waals surface area contributed by atoms with Gasteiger partial charge < -0.3 is 0 Å². The zero-order chi connectivity index (χ0) is 11.1. The molecule has 13 heavy (non-hydrogen) atoms. The number of alkyl halides is 6. The molecule has 0 nitrogen and oxygen atoms in total. The predicted molar refractivity (Wildman–Crippen MR) is 39.2 cm³/mol. The first-order valence-corrected chi connectivity index (χ1v) is 13.5. The molecule has 0 aromatic heterocycles. The Kier molecular flexibility index (Phi) is 3.61. The van der Waals surface area contributed by atoms with E-state index in [2.05, 4.69) is 0 Å². The van der Waals surface area contributed by atoms with Gasteiger partial charge in [-0.2, -0.15) is 0 Å². The van der Waals surface area contributed by atoms with E-state index in [9.17, 15) is 26.3 Å². The predicted octanol–water partition coefficient (Wildman–Crippen LogP) is 3.40. The van der Waals surface area contributed by atoms with E-state index in [-0.39, 0.29) is 0 Å². The van der Waals surface area contributed by atoms with Crippen LogP contribution >= 0.6 is 0 Å². The molecular formula is C6H10F6Sn. The molecule has 0 amide bonds. The molecule has 0 rings (SSSR count). The van der Waals surface area contributed by atoms with Crippen molar-refractivity contribution in [1.29, 1.82) is 0 Å². The quantitative estimate of drug-likeness (QED) is 0.541. The van der Waals surface area contributed by atoms with Gasteiger partial charge in [0.15, 0.2) is 0 Å². The van der Waals surface area contributed by atoms with Crippen LogP contribution in [0.5, 0.6) is 0 Å². The molecule has 0 aromatic carbocycles. The topological polar surface area (TPSA) is 0 Å². The zero-order valence-corrected chi connectivity index (χ0v) is 10.2. The Balaban J connectivity index is 5.22. The molecule has 0 radical (unpaired) electrons. The van der Waals surface area contributed by atoms with Crippen molar-refractivity contribution in [3.05, 3.63) is 0 Å². The molecule has 0 spiro atoms. The Labute approximate surface area is 76.2 Å². The SMILES string of the molecule is [CH3][Sn]([CH3])([CH3])[C](F)(C(F)F)C(F)(F)F. The van der Waals surface area contributed by atoms with Gasteiger partial charge in [-0.25, -0.2) is 0 Å². The Morgan fingerprint density at radius 3 is 1.23 bits per heavy atom. The van der Waals surface area contributed by atoms with Gasteiger partial charge in [-0.3, -0.25) is 0 Å².